The number of allylic oxidation sites excluding steroid dienone is 2. The Morgan fingerprint density at radius 1 is 1.33 bits per heavy atom. The minimum atomic E-state index is 0.248. The van der Waals surface area contributed by atoms with Crippen molar-refractivity contribution in [3.05, 3.63) is 35.7 Å². The van der Waals surface area contributed by atoms with Crippen LogP contribution in [-0.4, -0.2) is 10.8 Å². The van der Waals surface area contributed by atoms with E-state index in [2.05, 4.69) is 18.0 Å². The van der Waals surface area contributed by atoms with E-state index in [0.29, 0.717) is 6.42 Å². The van der Waals surface area contributed by atoms with Gasteiger partial charge < -0.3 is 0 Å². The van der Waals surface area contributed by atoms with Gasteiger partial charge in [0.15, 0.2) is 5.78 Å². The highest BCUT2D eigenvalue weighted by Gasteiger charge is 2.11. The van der Waals surface area contributed by atoms with Crippen LogP contribution < -0.4 is 0 Å². The van der Waals surface area contributed by atoms with Gasteiger partial charge in [0.1, 0.15) is 0 Å². The second-order valence-corrected chi connectivity index (χ2v) is 3.92. The maximum atomic E-state index is 11.3. The number of hydrogen-bond donors (Lipinski definition) is 0. The average molecular weight is 201 g/mol. The maximum Gasteiger partial charge on any atom is 0.155 e. The summed E-state index contributed by atoms with van der Waals surface area (Å²) in [7, 11) is 0. The smallest absolute Gasteiger partial charge is 0.155 e. The average Bonchev–Trinajstić information content (AvgIpc) is 2.29. The fraction of sp³-hybridized carbons (Fsp3) is 0.385. The number of rotatable bonds is 2. The lowest BCUT2D eigenvalue weighted by Crippen LogP contribution is -2.02. The first-order chi connectivity index (χ1) is 7.29. The van der Waals surface area contributed by atoms with Crippen molar-refractivity contribution in [1.29, 1.82) is 0 Å². The molecule has 0 unspecified atom stereocenters. The van der Waals surface area contributed by atoms with Crippen LogP contribution in [0.15, 0.2) is 24.5 Å². The van der Waals surface area contributed by atoms with E-state index in [1.807, 2.05) is 12.4 Å². The highest BCUT2D eigenvalue weighted by atomic mass is 16.1. The van der Waals surface area contributed by atoms with Crippen molar-refractivity contribution in [2.24, 2.45) is 0 Å². The topological polar surface area (TPSA) is 30.0 Å². The van der Waals surface area contributed by atoms with E-state index in [1.165, 1.54) is 5.56 Å². The van der Waals surface area contributed by atoms with Gasteiger partial charge in [0.2, 0.25) is 0 Å². The molecule has 0 amide bonds. The van der Waals surface area contributed by atoms with Crippen molar-refractivity contribution in [3.63, 3.8) is 0 Å². The molecule has 1 heterocycles. The van der Waals surface area contributed by atoms with Gasteiger partial charge >= 0.3 is 0 Å². The Kier molecular flexibility index (Phi) is 2.95. The minimum absolute atomic E-state index is 0.248. The van der Waals surface area contributed by atoms with Crippen LogP contribution in [0, 0.1) is 0 Å². The zero-order valence-corrected chi connectivity index (χ0v) is 8.99. The van der Waals surface area contributed by atoms with Crippen molar-refractivity contribution in [3.8, 4) is 0 Å². The van der Waals surface area contributed by atoms with Crippen molar-refractivity contribution < 1.29 is 4.79 Å². The first-order valence-corrected chi connectivity index (χ1v) is 5.47. The van der Waals surface area contributed by atoms with Crippen LogP contribution in [0.25, 0.3) is 5.57 Å². The summed E-state index contributed by atoms with van der Waals surface area (Å²) < 4.78 is 0. The van der Waals surface area contributed by atoms with Crippen LogP contribution >= 0.6 is 0 Å². The predicted molar refractivity (Wildman–Crippen MR) is 60.5 cm³/mol. The van der Waals surface area contributed by atoms with E-state index in [-0.39, 0.29) is 5.78 Å². The summed E-state index contributed by atoms with van der Waals surface area (Å²) in [5.41, 5.74) is 3.49. The molecule has 0 atom stereocenters. The molecule has 0 aromatic carbocycles. The normalized spacial score (nSPS) is 16.3. The molecule has 15 heavy (non-hydrogen) atoms. The second kappa shape index (κ2) is 4.39. The summed E-state index contributed by atoms with van der Waals surface area (Å²) in [6, 6.07) is 2.14. The van der Waals surface area contributed by atoms with E-state index in [0.717, 1.165) is 30.4 Å². The molecule has 1 aromatic heterocycles. The molecule has 2 nitrogen and oxygen atoms in total. The summed E-state index contributed by atoms with van der Waals surface area (Å²) in [5, 5.41) is 0. The Balaban J connectivity index is 2.32. The summed E-state index contributed by atoms with van der Waals surface area (Å²) in [6.45, 7) is 2.11. The van der Waals surface area contributed by atoms with Gasteiger partial charge in [0, 0.05) is 18.8 Å². The lowest BCUT2D eigenvalue weighted by atomic mass is 9.93. The van der Waals surface area contributed by atoms with E-state index < -0.39 is 0 Å². The van der Waals surface area contributed by atoms with Gasteiger partial charge in [-0.25, -0.2) is 0 Å². The summed E-state index contributed by atoms with van der Waals surface area (Å²) >= 11 is 0. The monoisotopic (exact) mass is 201 g/mol. The largest absolute Gasteiger partial charge is 0.295 e. The van der Waals surface area contributed by atoms with Crippen LogP contribution in [0.2, 0.25) is 0 Å². The summed E-state index contributed by atoms with van der Waals surface area (Å²) in [5.74, 6) is 0.248. The molecule has 0 fully saturated rings. The number of aromatic nitrogens is 1. The fourth-order valence-corrected chi connectivity index (χ4v) is 1.88. The Bertz CT molecular complexity index is 407. The molecular weight excluding hydrogens is 186 g/mol. The Morgan fingerprint density at radius 2 is 2.20 bits per heavy atom. The molecular formula is C13H15NO. The molecule has 0 aliphatic heterocycles. The Morgan fingerprint density at radius 3 is 2.93 bits per heavy atom. The number of pyridine rings is 1. The first-order valence-electron chi connectivity index (χ1n) is 5.47. The van der Waals surface area contributed by atoms with E-state index >= 15 is 0 Å². The zero-order chi connectivity index (χ0) is 10.7. The lowest BCUT2D eigenvalue weighted by molar-refractivity contribution is -0.114. The highest BCUT2D eigenvalue weighted by molar-refractivity contribution is 5.98. The SMILES string of the molecule is CCc1cncc(C2=CC(=O)CCC2)c1. The van der Waals surface area contributed by atoms with Gasteiger partial charge in [-0.05, 0) is 48.1 Å². The van der Waals surface area contributed by atoms with Gasteiger partial charge in [-0.1, -0.05) is 6.92 Å². The van der Waals surface area contributed by atoms with Crippen molar-refractivity contribution in [2.75, 3.05) is 0 Å². The van der Waals surface area contributed by atoms with Crippen LogP contribution in [0.4, 0.5) is 0 Å². The molecule has 0 N–H and O–H groups in total. The predicted octanol–water partition coefficient (Wildman–Crippen LogP) is 2.78. The number of carbonyl (C=O) groups excluding carboxylic acids is 1. The van der Waals surface area contributed by atoms with Gasteiger partial charge in [-0.2, -0.15) is 0 Å². The quantitative estimate of drug-likeness (QED) is 0.736. The molecule has 0 spiro atoms. The molecule has 78 valence electrons. The molecule has 1 aromatic rings. The van der Waals surface area contributed by atoms with Gasteiger partial charge in [0.25, 0.3) is 0 Å². The van der Waals surface area contributed by atoms with E-state index in [4.69, 9.17) is 0 Å². The number of carbonyl (C=O) groups is 1. The number of aryl methyl sites for hydroxylation is 1. The molecule has 0 saturated carbocycles. The second-order valence-electron chi connectivity index (χ2n) is 3.92. The third-order valence-electron chi connectivity index (χ3n) is 2.78. The third-order valence-corrected chi connectivity index (χ3v) is 2.78. The minimum Gasteiger partial charge on any atom is -0.295 e. The van der Waals surface area contributed by atoms with Crippen molar-refractivity contribution >= 4 is 11.4 Å². The van der Waals surface area contributed by atoms with E-state index in [1.54, 1.807) is 6.08 Å². The fourth-order valence-electron chi connectivity index (χ4n) is 1.88. The molecule has 1 aliphatic rings. The summed E-state index contributed by atoms with van der Waals surface area (Å²) in [4.78, 5) is 15.5. The molecule has 1 aliphatic carbocycles. The summed E-state index contributed by atoms with van der Waals surface area (Å²) in [6.07, 6.45) is 9.17. The van der Waals surface area contributed by atoms with Crippen molar-refractivity contribution in [1.82, 2.24) is 4.98 Å². The van der Waals surface area contributed by atoms with Crippen LogP contribution in [0.5, 0.6) is 0 Å². The Hall–Kier alpha value is -1.44. The van der Waals surface area contributed by atoms with E-state index in [9.17, 15) is 4.79 Å². The van der Waals surface area contributed by atoms with Crippen molar-refractivity contribution in [2.45, 2.75) is 32.6 Å². The van der Waals surface area contributed by atoms with Gasteiger partial charge in [-0.3, -0.25) is 9.78 Å². The molecule has 0 saturated heterocycles. The number of ketones is 1. The highest BCUT2D eigenvalue weighted by Crippen LogP contribution is 2.25. The standard InChI is InChI=1S/C13H15NO/c1-2-10-6-12(9-14-8-10)11-4-3-5-13(15)7-11/h6-9H,2-5H2,1H3. The lowest BCUT2D eigenvalue weighted by Gasteiger charge is -2.12. The molecule has 0 bridgehead atoms. The number of nitrogens with zero attached hydrogens (tertiary/aromatic N) is 1. The van der Waals surface area contributed by atoms with Crippen LogP contribution in [0.1, 0.15) is 37.3 Å². The molecule has 2 heteroatoms. The molecule has 2 rings (SSSR count). The first kappa shape index (κ1) is 10.1. The molecule has 0 radical (unpaired) electrons. The zero-order valence-electron chi connectivity index (χ0n) is 8.99. The Labute approximate surface area is 90.0 Å². The third kappa shape index (κ3) is 2.32. The van der Waals surface area contributed by atoms with Gasteiger partial charge in [-0.15, -0.1) is 0 Å². The van der Waals surface area contributed by atoms with Crippen LogP contribution in [0.3, 0.4) is 0 Å². The van der Waals surface area contributed by atoms with Crippen LogP contribution in [-0.2, 0) is 11.2 Å². The van der Waals surface area contributed by atoms with Gasteiger partial charge in [0.05, 0.1) is 0 Å². The maximum absolute atomic E-state index is 11.3. The number of hydrogen-bond acceptors (Lipinski definition) is 2.